The highest BCUT2D eigenvalue weighted by atomic mass is 32.2. The zero-order valence-corrected chi connectivity index (χ0v) is 11.1. The Morgan fingerprint density at radius 1 is 1.35 bits per heavy atom. The average Bonchev–Trinajstić information content (AvgIpc) is 2.76. The molecule has 1 aliphatic carbocycles. The summed E-state index contributed by atoms with van der Waals surface area (Å²) >= 11 is 1.49. The largest absolute Gasteiger partial charge is 0.495 e. The minimum Gasteiger partial charge on any atom is -0.495 e. The first kappa shape index (κ1) is 12.7. The molecule has 4 heteroatoms. The zero-order valence-electron chi connectivity index (χ0n) is 10.3. The Morgan fingerprint density at radius 2 is 2.00 bits per heavy atom. The molecule has 2 N–H and O–H groups in total. The molecule has 1 aromatic carbocycles. The molecule has 1 saturated carbocycles. The van der Waals surface area contributed by atoms with Crippen molar-refractivity contribution in [3.8, 4) is 5.75 Å². The molecule has 2 rings (SSSR count). The van der Waals surface area contributed by atoms with Gasteiger partial charge in [0.2, 0.25) is 0 Å². The van der Waals surface area contributed by atoms with Crippen LogP contribution in [-0.4, -0.2) is 13.4 Å². The van der Waals surface area contributed by atoms with Gasteiger partial charge in [-0.2, -0.15) is 0 Å². The second-order valence-corrected chi connectivity index (χ2v) is 5.40. The summed E-state index contributed by atoms with van der Waals surface area (Å²) in [5.41, 5.74) is 6.80. The highest BCUT2D eigenvalue weighted by Gasteiger charge is 2.35. The monoisotopic (exact) mass is 255 g/mol. The Morgan fingerprint density at radius 3 is 2.53 bits per heavy atom. The van der Waals surface area contributed by atoms with E-state index in [1.165, 1.54) is 23.9 Å². The van der Waals surface area contributed by atoms with Gasteiger partial charge in [-0.1, -0.05) is 12.8 Å². The summed E-state index contributed by atoms with van der Waals surface area (Å²) in [6, 6.07) is 3.04. The molecule has 94 valence electrons. The van der Waals surface area contributed by atoms with Crippen LogP contribution < -0.4 is 10.5 Å². The van der Waals surface area contributed by atoms with Gasteiger partial charge in [-0.05, 0) is 31.2 Å². The van der Waals surface area contributed by atoms with Crippen LogP contribution in [0.5, 0.6) is 5.75 Å². The fraction of sp³-hybridized carbons (Fsp3) is 0.538. The molecular weight excluding hydrogens is 237 g/mol. The van der Waals surface area contributed by atoms with Gasteiger partial charge in [0.15, 0.2) is 0 Å². The van der Waals surface area contributed by atoms with E-state index in [0.717, 1.165) is 41.9 Å². The molecule has 2 nitrogen and oxygen atoms in total. The second-order valence-electron chi connectivity index (χ2n) is 4.55. The quantitative estimate of drug-likeness (QED) is 0.842. The van der Waals surface area contributed by atoms with Crippen LogP contribution in [0.4, 0.5) is 4.39 Å². The van der Waals surface area contributed by atoms with Gasteiger partial charge in [-0.15, -0.1) is 11.8 Å². The normalized spacial score (nSPS) is 18.4. The summed E-state index contributed by atoms with van der Waals surface area (Å²) < 4.78 is 19.1. The van der Waals surface area contributed by atoms with E-state index in [0.29, 0.717) is 0 Å². The average molecular weight is 255 g/mol. The first-order valence-corrected chi connectivity index (χ1v) is 7.04. The van der Waals surface area contributed by atoms with E-state index >= 15 is 0 Å². The van der Waals surface area contributed by atoms with Gasteiger partial charge in [0.25, 0.3) is 0 Å². The predicted molar refractivity (Wildman–Crippen MR) is 69.1 cm³/mol. The van der Waals surface area contributed by atoms with E-state index in [4.69, 9.17) is 10.5 Å². The van der Waals surface area contributed by atoms with Gasteiger partial charge in [0.05, 0.1) is 12.0 Å². The molecule has 0 aromatic heterocycles. The molecule has 1 fully saturated rings. The second kappa shape index (κ2) is 4.86. The Hall–Kier alpha value is -0.740. The molecule has 0 aliphatic heterocycles. The van der Waals surface area contributed by atoms with Gasteiger partial charge < -0.3 is 10.5 Å². The molecule has 0 saturated heterocycles. The van der Waals surface area contributed by atoms with Crippen molar-refractivity contribution in [3.05, 3.63) is 23.5 Å². The van der Waals surface area contributed by atoms with Crippen molar-refractivity contribution in [2.75, 3.05) is 13.4 Å². The molecule has 0 heterocycles. The number of thioether (sulfide) groups is 1. The number of nitrogens with two attached hydrogens (primary N) is 1. The predicted octanol–water partition coefficient (Wildman–Crippen LogP) is 3.28. The number of rotatable bonds is 3. The third kappa shape index (κ3) is 2.29. The van der Waals surface area contributed by atoms with Crippen molar-refractivity contribution in [1.29, 1.82) is 0 Å². The summed E-state index contributed by atoms with van der Waals surface area (Å²) in [5.74, 6) is 0.505. The minimum atomic E-state index is -0.419. The molecule has 0 radical (unpaired) electrons. The molecule has 1 aliphatic rings. The van der Waals surface area contributed by atoms with Gasteiger partial charge >= 0.3 is 0 Å². The number of benzene rings is 1. The lowest BCUT2D eigenvalue weighted by molar-refractivity contribution is 0.368. The van der Waals surface area contributed by atoms with Crippen LogP contribution in [0.2, 0.25) is 0 Å². The van der Waals surface area contributed by atoms with Crippen molar-refractivity contribution in [2.45, 2.75) is 36.1 Å². The molecule has 17 heavy (non-hydrogen) atoms. The Kier molecular flexibility index (Phi) is 3.64. The first-order chi connectivity index (χ1) is 8.10. The van der Waals surface area contributed by atoms with Crippen LogP contribution in [0.25, 0.3) is 0 Å². The first-order valence-electron chi connectivity index (χ1n) is 5.81. The van der Waals surface area contributed by atoms with Crippen molar-refractivity contribution in [3.63, 3.8) is 0 Å². The van der Waals surface area contributed by atoms with Crippen LogP contribution in [0.1, 0.15) is 31.2 Å². The molecule has 0 unspecified atom stereocenters. The van der Waals surface area contributed by atoms with Gasteiger partial charge in [-0.25, -0.2) is 4.39 Å². The van der Waals surface area contributed by atoms with E-state index in [-0.39, 0.29) is 5.82 Å². The molecule has 0 spiro atoms. The highest BCUT2D eigenvalue weighted by Crippen LogP contribution is 2.44. The lowest BCUT2D eigenvalue weighted by Gasteiger charge is -2.27. The number of ether oxygens (including phenoxy) is 1. The summed E-state index contributed by atoms with van der Waals surface area (Å²) in [4.78, 5) is 0.819. The lowest BCUT2D eigenvalue weighted by Crippen LogP contribution is -2.33. The molecular formula is C13H18FNOS. The van der Waals surface area contributed by atoms with E-state index in [1.54, 1.807) is 7.11 Å². The number of hydrogen-bond donors (Lipinski definition) is 1. The maximum absolute atomic E-state index is 13.6. The third-order valence-electron chi connectivity index (χ3n) is 3.48. The van der Waals surface area contributed by atoms with E-state index in [1.807, 2.05) is 6.26 Å². The summed E-state index contributed by atoms with van der Waals surface area (Å²) in [5, 5.41) is 0. The van der Waals surface area contributed by atoms with Crippen LogP contribution in [0, 0.1) is 5.82 Å². The number of halogens is 1. The SMILES string of the molecule is COc1c(SC)cc(F)cc1C1(N)CCCC1. The maximum atomic E-state index is 13.6. The fourth-order valence-corrected chi connectivity index (χ4v) is 3.18. The van der Waals surface area contributed by atoms with Crippen molar-refractivity contribution in [1.82, 2.24) is 0 Å². The topological polar surface area (TPSA) is 35.2 Å². The summed E-state index contributed by atoms with van der Waals surface area (Å²) in [6.07, 6.45) is 5.93. The van der Waals surface area contributed by atoms with E-state index in [9.17, 15) is 4.39 Å². The van der Waals surface area contributed by atoms with Crippen molar-refractivity contribution in [2.24, 2.45) is 5.73 Å². The Balaban J connectivity index is 2.55. The van der Waals surface area contributed by atoms with Gasteiger partial charge in [0, 0.05) is 11.1 Å². The lowest BCUT2D eigenvalue weighted by atomic mass is 9.88. The standard InChI is InChI=1S/C13H18FNOS/c1-16-12-10(13(15)5-3-4-6-13)7-9(14)8-11(12)17-2/h7-8H,3-6,15H2,1-2H3. The summed E-state index contributed by atoms with van der Waals surface area (Å²) in [6.45, 7) is 0. The number of hydrogen-bond acceptors (Lipinski definition) is 3. The number of methoxy groups -OCH3 is 1. The van der Waals surface area contributed by atoms with Gasteiger partial charge in [-0.3, -0.25) is 0 Å². The molecule has 0 bridgehead atoms. The minimum absolute atomic E-state index is 0.234. The van der Waals surface area contributed by atoms with Crippen LogP contribution >= 0.6 is 11.8 Å². The summed E-state index contributed by atoms with van der Waals surface area (Å²) in [7, 11) is 1.62. The molecule has 0 amide bonds. The fourth-order valence-electron chi connectivity index (χ4n) is 2.58. The van der Waals surface area contributed by atoms with Gasteiger partial charge in [0.1, 0.15) is 11.6 Å². The molecule has 0 atom stereocenters. The third-order valence-corrected chi connectivity index (χ3v) is 4.22. The van der Waals surface area contributed by atoms with E-state index in [2.05, 4.69) is 0 Å². The zero-order chi connectivity index (χ0) is 12.5. The van der Waals surface area contributed by atoms with Crippen LogP contribution in [-0.2, 0) is 5.54 Å². The van der Waals surface area contributed by atoms with Crippen LogP contribution in [0.3, 0.4) is 0 Å². The van der Waals surface area contributed by atoms with Crippen molar-refractivity contribution >= 4 is 11.8 Å². The van der Waals surface area contributed by atoms with E-state index < -0.39 is 5.54 Å². The van der Waals surface area contributed by atoms with Crippen molar-refractivity contribution < 1.29 is 9.13 Å². The molecule has 1 aromatic rings. The Labute approximate surface area is 106 Å². The maximum Gasteiger partial charge on any atom is 0.137 e. The van der Waals surface area contributed by atoms with Crippen LogP contribution in [0.15, 0.2) is 17.0 Å². The smallest absolute Gasteiger partial charge is 0.137 e. The highest BCUT2D eigenvalue weighted by molar-refractivity contribution is 7.98. The Bertz CT molecular complexity index is 416.